The van der Waals surface area contributed by atoms with Gasteiger partial charge in [0.2, 0.25) is 0 Å². The van der Waals surface area contributed by atoms with Gasteiger partial charge in [0.15, 0.2) is 5.69 Å². The lowest BCUT2D eigenvalue weighted by atomic mass is 10.1. The Kier molecular flexibility index (Phi) is 5.34. The number of halogens is 1. The van der Waals surface area contributed by atoms with Gasteiger partial charge in [-0.15, -0.1) is 0 Å². The topological polar surface area (TPSA) is 77.8 Å². The molecule has 0 aliphatic heterocycles. The van der Waals surface area contributed by atoms with E-state index in [-0.39, 0.29) is 11.6 Å². The number of anilines is 1. The lowest BCUT2D eigenvalue weighted by molar-refractivity contribution is 0.0963. The molecule has 0 aliphatic rings. The zero-order valence-corrected chi connectivity index (χ0v) is 12.8. The van der Waals surface area contributed by atoms with Gasteiger partial charge in [0.05, 0.1) is 5.02 Å². The molecule has 0 radical (unpaired) electrons. The third-order valence-corrected chi connectivity index (χ3v) is 3.39. The number of aromatic nitrogens is 1. The molecule has 0 unspecified atom stereocenters. The van der Waals surface area contributed by atoms with Crippen LogP contribution in [0.2, 0.25) is 5.02 Å². The highest BCUT2D eigenvalue weighted by Crippen LogP contribution is 2.15. The van der Waals surface area contributed by atoms with Crippen LogP contribution < -0.4 is 10.6 Å². The normalized spacial score (nSPS) is 9.86. The van der Waals surface area contributed by atoms with Gasteiger partial charge in [0.25, 0.3) is 5.91 Å². The van der Waals surface area contributed by atoms with Gasteiger partial charge >= 0.3 is 0 Å². The Bertz CT molecular complexity index is 724. The van der Waals surface area contributed by atoms with Crippen molar-refractivity contribution in [1.29, 1.82) is 5.26 Å². The first-order valence-corrected chi connectivity index (χ1v) is 7.13. The zero-order chi connectivity index (χ0) is 15.9. The van der Waals surface area contributed by atoms with Crippen LogP contribution in [0.5, 0.6) is 0 Å². The molecule has 0 saturated heterocycles. The van der Waals surface area contributed by atoms with Crippen molar-refractivity contribution in [3.63, 3.8) is 0 Å². The second kappa shape index (κ2) is 7.43. The summed E-state index contributed by atoms with van der Waals surface area (Å²) in [5, 5.41) is 15.0. The Morgan fingerprint density at radius 2 is 2.18 bits per heavy atom. The monoisotopic (exact) mass is 314 g/mol. The maximum absolute atomic E-state index is 11.6. The molecule has 0 saturated carbocycles. The summed E-state index contributed by atoms with van der Waals surface area (Å²) < 4.78 is 0. The van der Waals surface area contributed by atoms with Crippen molar-refractivity contribution >= 4 is 23.3 Å². The van der Waals surface area contributed by atoms with Crippen LogP contribution in [-0.2, 0) is 6.42 Å². The third-order valence-electron chi connectivity index (χ3n) is 3.09. The number of carbonyl (C=O) groups is 1. The SMILES string of the molecule is CNC(=O)c1cccc(CCNc2ccc(Cl)c(C#N)n2)c1. The van der Waals surface area contributed by atoms with Gasteiger partial charge < -0.3 is 10.6 Å². The van der Waals surface area contributed by atoms with Crippen molar-refractivity contribution in [2.45, 2.75) is 6.42 Å². The van der Waals surface area contributed by atoms with E-state index in [1.165, 1.54) is 0 Å². The molecule has 2 aromatic rings. The second-order valence-electron chi connectivity index (χ2n) is 4.60. The van der Waals surface area contributed by atoms with Gasteiger partial charge in [-0.1, -0.05) is 23.7 Å². The van der Waals surface area contributed by atoms with Crippen molar-refractivity contribution in [2.24, 2.45) is 0 Å². The quantitative estimate of drug-likeness (QED) is 0.889. The van der Waals surface area contributed by atoms with Crippen molar-refractivity contribution in [3.05, 3.63) is 58.2 Å². The molecule has 1 heterocycles. The summed E-state index contributed by atoms with van der Waals surface area (Å²) in [6, 6.07) is 12.8. The Labute approximate surface area is 133 Å². The first kappa shape index (κ1) is 15.8. The molecule has 0 atom stereocenters. The van der Waals surface area contributed by atoms with E-state index in [1.807, 2.05) is 24.3 Å². The predicted molar refractivity (Wildman–Crippen MR) is 86.0 cm³/mol. The molecule has 2 rings (SSSR count). The summed E-state index contributed by atoms with van der Waals surface area (Å²) in [7, 11) is 1.61. The minimum absolute atomic E-state index is 0.104. The molecule has 0 aliphatic carbocycles. The standard InChI is InChI=1S/C16H15ClN4O/c1-19-16(22)12-4-2-3-11(9-12)7-8-20-15-6-5-13(17)14(10-18)21-15/h2-6,9H,7-8H2,1H3,(H,19,22)(H,20,21). The number of nitriles is 1. The summed E-state index contributed by atoms with van der Waals surface area (Å²) in [5.41, 5.74) is 1.88. The Hall–Kier alpha value is -2.58. The molecule has 5 nitrogen and oxygen atoms in total. The van der Waals surface area contributed by atoms with Gasteiger partial charge in [0.1, 0.15) is 11.9 Å². The van der Waals surface area contributed by atoms with Crippen LogP contribution in [0, 0.1) is 11.3 Å². The molecule has 0 fully saturated rings. The van der Waals surface area contributed by atoms with Crippen molar-refractivity contribution in [1.82, 2.24) is 10.3 Å². The molecular weight excluding hydrogens is 300 g/mol. The largest absolute Gasteiger partial charge is 0.370 e. The summed E-state index contributed by atoms with van der Waals surface area (Å²) in [4.78, 5) is 15.7. The average molecular weight is 315 g/mol. The maximum atomic E-state index is 11.6. The van der Waals surface area contributed by atoms with Gasteiger partial charge in [-0.2, -0.15) is 5.26 Å². The van der Waals surface area contributed by atoms with Crippen LogP contribution in [-0.4, -0.2) is 24.5 Å². The van der Waals surface area contributed by atoms with E-state index in [1.54, 1.807) is 25.2 Å². The van der Waals surface area contributed by atoms with Gasteiger partial charge in [-0.25, -0.2) is 4.98 Å². The fourth-order valence-electron chi connectivity index (χ4n) is 1.97. The Balaban J connectivity index is 1.97. The predicted octanol–water partition coefficient (Wildman–Crippen LogP) is 2.62. The summed E-state index contributed by atoms with van der Waals surface area (Å²) in [6.45, 7) is 0.636. The number of hydrogen-bond donors (Lipinski definition) is 2. The minimum Gasteiger partial charge on any atom is -0.370 e. The Morgan fingerprint density at radius 3 is 2.91 bits per heavy atom. The Morgan fingerprint density at radius 1 is 1.36 bits per heavy atom. The molecule has 22 heavy (non-hydrogen) atoms. The number of rotatable bonds is 5. The van der Waals surface area contributed by atoms with Crippen LogP contribution in [0.15, 0.2) is 36.4 Å². The molecule has 1 aromatic heterocycles. The van der Waals surface area contributed by atoms with Gasteiger partial charge in [0, 0.05) is 19.2 Å². The van der Waals surface area contributed by atoms with E-state index < -0.39 is 0 Å². The lowest BCUT2D eigenvalue weighted by Gasteiger charge is -2.07. The number of nitrogens with one attached hydrogen (secondary N) is 2. The molecule has 1 amide bonds. The van der Waals surface area contributed by atoms with Crippen molar-refractivity contribution in [3.8, 4) is 6.07 Å². The summed E-state index contributed by atoms with van der Waals surface area (Å²) in [6.07, 6.45) is 0.733. The fourth-order valence-corrected chi connectivity index (χ4v) is 2.11. The van der Waals surface area contributed by atoms with Crippen LogP contribution in [0.3, 0.4) is 0 Å². The highest BCUT2D eigenvalue weighted by atomic mass is 35.5. The minimum atomic E-state index is -0.104. The van der Waals surface area contributed by atoms with E-state index in [0.29, 0.717) is 22.9 Å². The molecule has 112 valence electrons. The van der Waals surface area contributed by atoms with Crippen LogP contribution in [0.4, 0.5) is 5.82 Å². The van der Waals surface area contributed by atoms with Crippen molar-refractivity contribution in [2.75, 3.05) is 18.9 Å². The van der Waals surface area contributed by atoms with E-state index in [4.69, 9.17) is 16.9 Å². The molecule has 0 bridgehead atoms. The van der Waals surface area contributed by atoms with Crippen LogP contribution in [0.1, 0.15) is 21.6 Å². The van der Waals surface area contributed by atoms with E-state index in [9.17, 15) is 4.79 Å². The number of amides is 1. The average Bonchev–Trinajstić information content (AvgIpc) is 2.56. The highest BCUT2D eigenvalue weighted by molar-refractivity contribution is 6.31. The lowest BCUT2D eigenvalue weighted by Crippen LogP contribution is -2.18. The van der Waals surface area contributed by atoms with Crippen LogP contribution in [0.25, 0.3) is 0 Å². The number of benzene rings is 1. The first-order valence-electron chi connectivity index (χ1n) is 6.75. The molecule has 1 aromatic carbocycles. The number of hydrogen-bond acceptors (Lipinski definition) is 4. The van der Waals surface area contributed by atoms with Crippen LogP contribution >= 0.6 is 11.6 Å². The van der Waals surface area contributed by atoms with E-state index in [2.05, 4.69) is 15.6 Å². The molecular formula is C16H15ClN4O. The number of pyridine rings is 1. The smallest absolute Gasteiger partial charge is 0.251 e. The number of carbonyl (C=O) groups excluding carboxylic acids is 1. The van der Waals surface area contributed by atoms with Crippen molar-refractivity contribution < 1.29 is 4.79 Å². The highest BCUT2D eigenvalue weighted by Gasteiger charge is 2.05. The number of nitrogens with zero attached hydrogens (tertiary/aromatic N) is 2. The molecule has 0 spiro atoms. The van der Waals surface area contributed by atoms with E-state index >= 15 is 0 Å². The zero-order valence-electron chi connectivity index (χ0n) is 12.1. The second-order valence-corrected chi connectivity index (χ2v) is 5.00. The molecule has 2 N–H and O–H groups in total. The fraction of sp³-hybridized carbons (Fsp3) is 0.188. The third kappa shape index (κ3) is 3.96. The van der Waals surface area contributed by atoms with E-state index in [0.717, 1.165) is 12.0 Å². The van der Waals surface area contributed by atoms with Gasteiger partial charge in [-0.05, 0) is 36.2 Å². The molecule has 6 heteroatoms. The maximum Gasteiger partial charge on any atom is 0.251 e. The summed E-state index contributed by atoms with van der Waals surface area (Å²) in [5.74, 6) is 0.497. The summed E-state index contributed by atoms with van der Waals surface area (Å²) >= 11 is 5.84. The van der Waals surface area contributed by atoms with Gasteiger partial charge in [-0.3, -0.25) is 4.79 Å². The first-order chi connectivity index (χ1) is 10.6.